The van der Waals surface area contributed by atoms with E-state index in [2.05, 4.69) is 25.7 Å². The SMILES string of the molecule is CNc1cc2nc3c(cnn13)C(=O)CCCCc1nc(cn1C)N2. The fourth-order valence-electron chi connectivity index (χ4n) is 3.03. The molecular weight excluding hydrogens is 306 g/mol. The summed E-state index contributed by atoms with van der Waals surface area (Å²) in [6.07, 6.45) is 6.65. The van der Waals surface area contributed by atoms with Crippen LogP contribution in [0.2, 0.25) is 0 Å². The average Bonchev–Trinajstić information content (AvgIpc) is 3.13. The summed E-state index contributed by atoms with van der Waals surface area (Å²) in [4.78, 5) is 21.7. The van der Waals surface area contributed by atoms with Crippen LogP contribution in [-0.4, -0.2) is 37.0 Å². The van der Waals surface area contributed by atoms with E-state index in [1.807, 2.05) is 30.9 Å². The van der Waals surface area contributed by atoms with Crippen molar-refractivity contribution < 1.29 is 4.79 Å². The molecule has 24 heavy (non-hydrogen) atoms. The molecule has 0 amide bonds. The lowest BCUT2D eigenvalue weighted by atomic mass is 10.1. The Hall–Kier alpha value is -2.90. The molecule has 0 aromatic carbocycles. The lowest BCUT2D eigenvalue weighted by Crippen LogP contribution is -2.06. The molecule has 2 N–H and O–H groups in total. The predicted molar refractivity (Wildman–Crippen MR) is 90.9 cm³/mol. The lowest BCUT2D eigenvalue weighted by molar-refractivity contribution is 0.0980. The van der Waals surface area contributed by atoms with Gasteiger partial charge in [-0.25, -0.2) is 9.97 Å². The smallest absolute Gasteiger partial charge is 0.170 e. The maximum Gasteiger partial charge on any atom is 0.170 e. The first-order valence-electron chi connectivity index (χ1n) is 8.04. The van der Waals surface area contributed by atoms with Crippen molar-refractivity contribution in [3.05, 3.63) is 29.8 Å². The first-order valence-corrected chi connectivity index (χ1v) is 8.04. The van der Waals surface area contributed by atoms with E-state index in [1.54, 1.807) is 10.7 Å². The highest BCUT2D eigenvalue weighted by molar-refractivity contribution is 6.01. The Morgan fingerprint density at radius 1 is 1.21 bits per heavy atom. The number of fused-ring (bicyclic) bond motifs is 3. The van der Waals surface area contributed by atoms with Crippen molar-refractivity contribution in [2.45, 2.75) is 25.7 Å². The van der Waals surface area contributed by atoms with Crippen molar-refractivity contribution >= 4 is 28.9 Å². The monoisotopic (exact) mass is 325 g/mol. The number of anilines is 3. The molecule has 4 heterocycles. The van der Waals surface area contributed by atoms with Crippen LogP contribution in [0.3, 0.4) is 0 Å². The molecule has 0 saturated heterocycles. The highest BCUT2D eigenvalue weighted by atomic mass is 16.1. The Morgan fingerprint density at radius 2 is 2.04 bits per heavy atom. The van der Waals surface area contributed by atoms with Gasteiger partial charge >= 0.3 is 0 Å². The zero-order valence-electron chi connectivity index (χ0n) is 13.7. The molecule has 3 aromatic heterocycles. The van der Waals surface area contributed by atoms with Gasteiger partial charge in [0.15, 0.2) is 11.4 Å². The van der Waals surface area contributed by atoms with Gasteiger partial charge in [-0.15, -0.1) is 0 Å². The third-order valence-corrected chi connectivity index (χ3v) is 4.31. The summed E-state index contributed by atoms with van der Waals surface area (Å²) in [5, 5.41) is 10.6. The summed E-state index contributed by atoms with van der Waals surface area (Å²) >= 11 is 0. The van der Waals surface area contributed by atoms with Gasteiger partial charge in [-0.3, -0.25) is 4.79 Å². The lowest BCUT2D eigenvalue weighted by Gasteiger charge is -2.08. The van der Waals surface area contributed by atoms with E-state index in [4.69, 9.17) is 0 Å². The highest BCUT2D eigenvalue weighted by Gasteiger charge is 2.18. The molecule has 1 aliphatic heterocycles. The van der Waals surface area contributed by atoms with Crippen molar-refractivity contribution in [1.82, 2.24) is 24.1 Å². The van der Waals surface area contributed by atoms with Crippen molar-refractivity contribution in [3.63, 3.8) is 0 Å². The van der Waals surface area contributed by atoms with Crippen LogP contribution in [0.1, 0.15) is 35.4 Å². The van der Waals surface area contributed by atoms with Gasteiger partial charge in [0.05, 0.1) is 11.8 Å². The number of Topliss-reactive ketones (excluding diaryl/α,β-unsaturated/α-hetero) is 1. The molecule has 0 spiro atoms. The number of imidazole rings is 1. The fourth-order valence-corrected chi connectivity index (χ4v) is 3.03. The van der Waals surface area contributed by atoms with Crippen molar-refractivity contribution in [2.24, 2.45) is 7.05 Å². The second-order valence-electron chi connectivity index (χ2n) is 5.98. The molecule has 0 saturated carbocycles. The van der Waals surface area contributed by atoms with Crippen LogP contribution < -0.4 is 10.6 Å². The second kappa shape index (κ2) is 5.63. The Morgan fingerprint density at radius 3 is 2.88 bits per heavy atom. The van der Waals surface area contributed by atoms with E-state index in [-0.39, 0.29) is 5.78 Å². The van der Waals surface area contributed by atoms with Crippen LogP contribution in [0.15, 0.2) is 18.5 Å². The Kier molecular flexibility index (Phi) is 3.44. The molecule has 8 nitrogen and oxygen atoms in total. The maximum atomic E-state index is 12.5. The third kappa shape index (κ3) is 2.40. The summed E-state index contributed by atoms with van der Waals surface area (Å²) in [7, 11) is 3.80. The standard InChI is InChI=1S/C16H19N7O/c1-17-15-7-12-19-13-9-22(2)14(20-13)6-4-3-5-11(24)10-8-18-23(15)16(10)21-12/h7-9,17H,3-6H2,1-2H3,(H,19,21). The maximum absolute atomic E-state index is 12.5. The van der Waals surface area contributed by atoms with Gasteiger partial charge < -0.3 is 15.2 Å². The number of hydrogen-bond donors (Lipinski definition) is 2. The van der Waals surface area contributed by atoms with E-state index in [1.165, 1.54) is 0 Å². The first-order chi connectivity index (χ1) is 11.7. The van der Waals surface area contributed by atoms with Gasteiger partial charge in [0, 0.05) is 39.2 Å². The molecule has 0 fully saturated rings. The van der Waals surface area contributed by atoms with Crippen LogP contribution in [0.4, 0.5) is 17.5 Å². The molecule has 124 valence electrons. The van der Waals surface area contributed by atoms with Crippen LogP contribution in [0.5, 0.6) is 0 Å². The van der Waals surface area contributed by atoms with Crippen molar-refractivity contribution in [1.29, 1.82) is 0 Å². The number of nitrogens with zero attached hydrogens (tertiary/aromatic N) is 5. The zero-order valence-corrected chi connectivity index (χ0v) is 13.7. The molecule has 0 unspecified atom stereocenters. The number of carbonyl (C=O) groups excluding carboxylic acids is 1. The van der Waals surface area contributed by atoms with E-state index in [0.29, 0.717) is 23.4 Å². The summed E-state index contributed by atoms with van der Waals surface area (Å²) in [5.41, 5.74) is 1.12. The molecule has 4 rings (SSSR count). The third-order valence-electron chi connectivity index (χ3n) is 4.31. The molecule has 3 aromatic rings. The highest BCUT2D eigenvalue weighted by Crippen LogP contribution is 2.23. The number of aryl methyl sites for hydroxylation is 2. The first kappa shape index (κ1) is 14.7. The Labute approximate surface area is 138 Å². The molecule has 8 heteroatoms. The normalized spacial score (nSPS) is 14.8. The molecule has 1 aliphatic rings. The molecule has 0 radical (unpaired) electrons. The number of carbonyl (C=O) groups is 1. The number of rotatable bonds is 1. The van der Waals surface area contributed by atoms with E-state index in [9.17, 15) is 4.79 Å². The summed E-state index contributed by atoms with van der Waals surface area (Å²) < 4.78 is 3.67. The van der Waals surface area contributed by atoms with E-state index >= 15 is 0 Å². The Balaban J connectivity index is 1.88. The number of aromatic nitrogens is 5. The van der Waals surface area contributed by atoms with Crippen molar-refractivity contribution in [3.8, 4) is 0 Å². The van der Waals surface area contributed by atoms with Gasteiger partial charge in [-0.2, -0.15) is 9.61 Å². The minimum Gasteiger partial charge on any atom is -0.373 e. The van der Waals surface area contributed by atoms with Gasteiger partial charge in [0.25, 0.3) is 0 Å². The minimum atomic E-state index is 0.0793. The summed E-state index contributed by atoms with van der Waals surface area (Å²) in [6, 6.07) is 1.85. The number of nitrogens with one attached hydrogen (secondary N) is 2. The molecule has 4 bridgehead atoms. The van der Waals surface area contributed by atoms with Crippen LogP contribution in [-0.2, 0) is 13.5 Å². The topological polar surface area (TPSA) is 89.1 Å². The minimum absolute atomic E-state index is 0.0793. The van der Waals surface area contributed by atoms with Crippen molar-refractivity contribution in [2.75, 3.05) is 17.7 Å². The van der Waals surface area contributed by atoms with Gasteiger partial charge in [-0.05, 0) is 12.8 Å². The average molecular weight is 325 g/mol. The number of hydrogen-bond acceptors (Lipinski definition) is 6. The van der Waals surface area contributed by atoms with E-state index < -0.39 is 0 Å². The van der Waals surface area contributed by atoms with Crippen LogP contribution >= 0.6 is 0 Å². The fraction of sp³-hybridized carbons (Fsp3) is 0.375. The quantitative estimate of drug-likeness (QED) is 0.713. The van der Waals surface area contributed by atoms with Gasteiger partial charge in [-0.1, -0.05) is 0 Å². The largest absolute Gasteiger partial charge is 0.373 e. The molecule has 0 aliphatic carbocycles. The molecular formula is C16H19N7O. The summed E-state index contributed by atoms with van der Waals surface area (Å²) in [5.74, 6) is 3.22. The van der Waals surface area contributed by atoms with Crippen LogP contribution in [0.25, 0.3) is 5.65 Å². The van der Waals surface area contributed by atoms with Crippen LogP contribution in [0, 0.1) is 0 Å². The Bertz CT molecular complexity index is 924. The summed E-state index contributed by atoms with van der Waals surface area (Å²) in [6.45, 7) is 0. The number of ketones is 1. The zero-order chi connectivity index (χ0) is 16.7. The van der Waals surface area contributed by atoms with Gasteiger partial charge in [0.2, 0.25) is 0 Å². The molecule has 0 atom stereocenters. The van der Waals surface area contributed by atoms with Gasteiger partial charge in [0.1, 0.15) is 23.3 Å². The predicted octanol–water partition coefficient (Wildman–Crippen LogP) is 2.16. The van der Waals surface area contributed by atoms with E-state index in [0.717, 1.165) is 36.7 Å². The second-order valence-corrected chi connectivity index (χ2v) is 5.98.